The summed E-state index contributed by atoms with van der Waals surface area (Å²) in [4.78, 5) is 12.0. The Bertz CT molecular complexity index is 659. The van der Waals surface area contributed by atoms with Crippen LogP contribution in [-0.2, 0) is 14.8 Å². The summed E-state index contributed by atoms with van der Waals surface area (Å²) >= 11 is 1.10. The van der Waals surface area contributed by atoms with Crippen LogP contribution in [0.2, 0.25) is 0 Å². The van der Waals surface area contributed by atoms with Gasteiger partial charge in [-0.25, -0.2) is 13.2 Å². The first kappa shape index (κ1) is 16.9. The molecule has 1 aliphatic heterocycles. The number of methoxy groups -OCH3 is 1. The van der Waals surface area contributed by atoms with Crippen LogP contribution in [0.4, 0.5) is 0 Å². The molecule has 0 atom stereocenters. The highest BCUT2D eigenvalue weighted by atomic mass is 32.2. The zero-order valence-electron chi connectivity index (χ0n) is 13.2. The van der Waals surface area contributed by atoms with Crippen molar-refractivity contribution in [3.05, 3.63) is 16.3 Å². The third-order valence-corrected chi connectivity index (χ3v) is 7.38. The second-order valence-corrected chi connectivity index (χ2v) is 9.02. The molecule has 1 aliphatic carbocycles. The number of thiophene rings is 1. The number of carbonyl (C=O) groups excluding carboxylic acids is 1. The molecule has 1 aromatic rings. The number of esters is 1. The lowest BCUT2D eigenvalue weighted by Crippen LogP contribution is -2.45. The molecule has 0 aromatic carbocycles. The van der Waals surface area contributed by atoms with Gasteiger partial charge in [0.1, 0.15) is 4.88 Å². The summed E-state index contributed by atoms with van der Waals surface area (Å²) in [6.45, 7) is 2.10. The number of hydrogen-bond donors (Lipinski definition) is 1. The van der Waals surface area contributed by atoms with E-state index in [4.69, 9.17) is 0 Å². The lowest BCUT2D eigenvalue weighted by molar-refractivity contribution is 0.0606. The highest BCUT2D eigenvalue weighted by Gasteiger charge is 2.31. The summed E-state index contributed by atoms with van der Waals surface area (Å²) in [6, 6.07) is 1.82. The van der Waals surface area contributed by atoms with Crippen LogP contribution in [0.5, 0.6) is 0 Å². The average Bonchev–Trinajstić information content (AvgIpc) is 3.25. The van der Waals surface area contributed by atoms with Gasteiger partial charge in [-0.15, -0.1) is 11.3 Å². The first-order valence-corrected chi connectivity index (χ1v) is 10.2. The van der Waals surface area contributed by atoms with E-state index < -0.39 is 16.0 Å². The van der Waals surface area contributed by atoms with Gasteiger partial charge in [-0.05, 0) is 44.2 Å². The molecule has 3 rings (SSSR count). The van der Waals surface area contributed by atoms with Gasteiger partial charge in [-0.1, -0.05) is 0 Å². The standard InChI is InChI=1S/C15H22N2O4S2/c1-21-15(18)14-8-13(10-22-14)23(19,20)17-6-4-12(5-7-17)16-9-11-2-3-11/h8,10-12,16H,2-7,9H2,1H3. The van der Waals surface area contributed by atoms with E-state index in [0.29, 0.717) is 24.0 Å². The summed E-state index contributed by atoms with van der Waals surface area (Å²) < 4.78 is 31.5. The van der Waals surface area contributed by atoms with Gasteiger partial charge >= 0.3 is 5.97 Å². The quantitative estimate of drug-likeness (QED) is 0.783. The number of piperidine rings is 1. The predicted octanol–water partition coefficient (Wildman–Crippen LogP) is 1.69. The molecule has 0 spiro atoms. The van der Waals surface area contributed by atoms with E-state index in [-0.39, 0.29) is 4.90 Å². The van der Waals surface area contributed by atoms with Crippen LogP contribution < -0.4 is 5.32 Å². The zero-order chi connectivity index (χ0) is 16.4. The van der Waals surface area contributed by atoms with E-state index in [1.807, 2.05) is 0 Å². The Hall–Kier alpha value is -0.960. The molecule has 6 nitrogen and oxygen atoms in total. The van der Waals surface area contributed by atoms with Crippen LogP contribution in [0.25, 0.3) is 0 Å². The number of rotatable bonds is 6. The van der Waals surface area contributed by atoms with E-state index in [1.54, 1.807) is 0 Å². The molecule has 0 bridgehead atoms. The van der Waals surface area contributed by atoms with Crippen molar-refractivity contribution in [1.29, 1.82) is 0 Å². The number of hydrogen-bond acceptors (Lipinski definition) is 6. The fourth-order valence-corrected chi connectivity index (χ4v) is 5.41. The monoisotopic (exact) mass is 358 g/mol. The lowest BCUT2D eigenvalue weighted by atomic mass is 10.1. The summed E-state index contributed by atoms with van der Waals surface area (Å²) in [7, 11) is -2.23. The van der Waals surface area contributed by atoms with Gasteiger partial charge in [0.15, 0.2) is 0 Å². The minimum atomic E-state index is -3.52. The maximum Gasteiger partial charge on any atom is 0.348 e. The van der Waals surface area contributed by atoms with Crippen molar-refractivity contribution < 1.29 is 17.9 Å². The van der Waals surface area contributed by atoms with Gasteiger partial charge < -0.3 is 10.1 Å². The van der Waals surface area contributed by atoms with Gasteiger partial charge in [0.05, 0.1) is 12.0 Å². The molecule has 2 heterocycles. The minimum absolute atomic E-state index is 0.187. The molecule has 2 aliphatic rings. The van der Waals surface area contributed by atoms with Crippen molar-refractivity contribution >= 4 is 27.3 Å². The molecule has 1 saturated heterocycles. The summed E-state index contributed by atoms with van der Waals surface area (Å²) in [6.07, 6.45) is 4.31. The molecular weight excluding hydrogens is 336 g/mol. The van der Waals surface area contributed by atoms with E-state index >= 15 is 0 Å². The Kier molecular flexibility index (Phi) is 5.05. The van der Waals surface area contributed by atoms with Crippen LogP contribution in [0.15, 0.2) is 16.3 Å². The maximum atomic E-state index is 12.7. The normalized spacial score (nSPS) is 20.6. The van der Waals surface area contributed by atoms with E-state index in [9.17, 15) is 13.2 Å². The van der Waals surface area contributed by atoms with Crippen molar-refractivity contribution in [3.8, 4) is 0 Å². The third kappa shape index (κ3) is 3.93. The average molecular weight is 358 g/mol. The molecule has 1 aromatic heterocycles. The van der Waals surface area contributed by atoms with Gasteiger partial charge in [-0.2, -0.15) is 4.31 Å². The number of nitrogens with zero attached hydrogens (tertiary/aromatic N) is 1. The Morgan fingerprint density at radius 2 is 2.04 bits per heavy atom. The zero-order valence-corrected chi connectivity index (χ0v) is 14.8. The molecule has 2 fully saturated rings. The smallest absolute Gasteiger partial charge is 0.348 e. The molecule has 8 heteroatoms. The van der Waals surface area contributed by atoms with E-state index in [1.165, 1.54) is 35.7 Å². The highest BCUT2D eigenvalue weighted by Crippen LogP contribution is 2.29. The van der Waals surface area contributed by atoms with Crippen molar-refractivity contribution in [3.63, 3.8) is 0 Å². The Labute approximate surface area is 140 Å². The SMILES string of the molecule is COC(=O)c1cc(S(=O)(=O)N2CCC(NCC3CC3)CC2)cs1. The lowest BCUT2D eigenvalue weighted by Gasteiger charge is -2.31. The second kappa shape index (κ2) is 6.88. The summed E-state index contributed by atoms with van der Waals surface area (Å²) in [5.74, 6) is 0.332. The number of ether oxygens (including phenoxy) is 1. The molecule has 0 unspecified atom stereocenters. The first-order valence-electron chi connectivity index (χ1n) is 7.91. The van der Waals surface area contributed by atoms with Crippen molar-refractivity contribution in [2.24, 2.45) is 5.92 Å². The van der Waals surface area contributed by atoms with Gasteiger partial charge in [0.2, 0.25) is 10.0 Å². The molecule has 0 amide bonds. The highest BCUT2D eigenvalue weighted by molar-refractivity contribution is 7.89. The third-order valence-electron chi connectivity index (χ3n) is 4.45. The summed E-state index contributed by atoms with van der Waals surface area (Å²) in [5, 5.41) is 5.05. The van der Waals surface area contributed by atoms with Crippen molar-refractivity contribution in [2.45, 2.75) is 36.6 Å². The number of carbonyl (C=O) groups is 1. The predicted molar refractivity (Wildman–Crippen MR) is 88.2 cm³/mol. The van der Waals surface area contributed by atoms with E-state index in [0.717, 1.165) is 36.6 Å². The van der Waals surface area contributed by atoms with Crippen LogP contribution in [0, 0.1) is 5.92 Å². The Balaban J connectivity index is 1.59. The molecule has 128 valence electrons. The first-order chi connectivity index (χ1) is 11.0. The van der Waals surface area contributed by atoms with Crippen molar-refractivity contribution in [2.75, 3.05) is 26.7 Å². The van der Waals surface area contributed by atoms with Gasteiger partial charge in [0, 0.05) is 24.5 Å². The van der Waals surface area contributed by atoms with Crippen LogP contribution >= 0.6 is 11.3 Å². The van der Waals surface area contributed by atoms with Gasteiger partial charge in [0.25, 0.3) is 0 Å². The number of nitrogens with one attached hydrogen (secondary N) is 1. The topological polar surface area (TPSA) is 75.7 Å². The van der Waals surface area contributed by atoms with Crippen LogP contribution in [0.1, 0.15) is 35.4 Å². The molecule has 0 radical (unpaired) electrons. The minimum Gasteiger partial charge on any atom is -0.465 e. The maximum absolute atomic E-state index is 12.7. The Morgan fingerprint density at radius 1 is 1.35 bits per heavy atom. The molecule has 23 heavy (non-hydrogen) atoms. The van der Waals surface area contributed by atoms with Crippen LogP contribution in [0.3, 0.4) is 0 Å². The molecule has 1 N–H and O–H groups in total. The van der Waals surface area contributed by atoms with E-state index in [2.05, 4.69) is 10.1 Å². The fraction of sp³-hybridized carbons (Fsp3) is 0.667. The largest absolute Gasteiger partial charge is 0.465 e. The number of sulfonamides is 1. The second-order valence-electron chi connectivity index (χ2n) is 6.17. The molecular formula is C15H22N2O4S2. The fourth-order valence-electron chi connectivity index (χ4n) is 2.77. The van der Waals surface area contributed by atoms with Crippen molar-refractivity contribution in [1.82, 2.24) is 9.62 Å². The Morgan fingerprint density at radius 3 is 2.65 bits per heavy atom. The van der Waals surface area contributed by atoms with Gasteiger partial charge in [-0.3, -0.25) is 0 Å². The molecule has 1 saturated carbocycles. The summed E-state index contributed by atoms with van der Waals surface area (Å²) in [5.41, 5.74) is 0. The van der Waals surface area contributed by atoms with Crippen LogP contribution in [-0.4, -0.2) is 51.5 Å².